The topological polar surface area (TPSA) is 49.3 Å². The normalized spacial score (nSPS) is 12.2. The van der Waals surface area contributed by atoms with Gasteiger partial charge in [-0.05, 0) is 37.3 Å². The van der Waals surface area contributed by atoms with Crippen molar-refractivity contribution in [1.82, 2.24) is 5.32 Å². The molecule has 0 aromatic heterocycles. The maximum absolute atomic E-state index is 12.1. The van der Waals surface area contributed by atoms with Gasteiger partial charge in [-0.1, -0.05) is 37.1 Å². The Morgan fingerprint density at radius 2 is 2.16 bits per heavy atom. The maximum atomic E-state index is 12.1. The molecule has 0 aliphatic carbocycles. The van der Waals surface area contributed by atoms with Crippen LogP contribution in [-0.2, 0) is 0 Å². The fourth-order valence-corrected chi connectivity index (χ4v) is 2.31. The summed E-state index contributed by atoms with van der Waals surface area (Å²) in [4.78, 5) is 12.1. The fourth-order valence-electron chi connectivity index (χ4n) is 2.09. The average Bonchev–Trinajstić information content (AvgIpc) is 2.39. The predicted molar refractivity (Wildman–Crippen MR) is 78.6 cm³/mol. The molecule has 0 fully saturated rings. The third kappa shape index (κ3) is 4.84. The highest BCUT2D eigenvalue weighted by atomic mass is 35.5. The number of aliphatic hydroxyl groups excluding tert-OH is 1. The Kier molecular flexibility index (Phi) is 6.89. The standard InChI is InChI=1S/C15H22ClNO2/c1-3-5-12(8-9-18)10-17-15(19)13-7-4-6-11(2)14(13)16/h4,6-7,12,18H,3,5,8-10H2,1-2H3,(H,17,19). The highest BCUT2D eigenvalue weighted by molar-refractivity contribution is 6.34. The van der Waals surface area contributed by atoms with E-state index >= 15 is 0 Å². The second-order valence-corrected chi connectivity index (χ2v) is 5.19. The molecular formula is C15H22ClNO2. The molecule has 0 spiro atoms. The van der Waals surface area contributed by atoms with Crippen molar-refractivity contribution in [3.05, 3.63) is 34.3 Å². The molecule has 0 saturated carbocycles. The first-order chi connectivity index (χ1) is 9.10. The van der Waals surface area contributed by atoms with Gasteiger partial charge in [0, 0.05) is 13.2 Å². The van der Waals surface area contributed by atoms with Crippen molar-refractivity contribution in [1.29, 1.82) is 0 Å². The smallest absolute Gasteiger partial charge is 0.252 e. The molecule has 19 heavy (non-hydrogen) atoms. The molecule has 1 aromatic carbocycles. The highest BCUT2D eigenvalue weighted by Crippen LogP contribution is 2.20. The van der Waals surface area contributed by atoms with Gasteiger partial charge in [-0.25, -0.2) is 0 Å². The minimum atomic E-state index is -0.146. The summed E-state index contributed by atoms with van der Waals surface area (Å²) in [6.45, 7) is 4.72. The summed E-state index contributed by atoms with van der Waals surface area (Å²) in [5.41, 5.74) is 1.41. The lowest BCUT2D eigenvalue weighted by atomic mass is 10.00. The summed E-state index contributed by atoms with van der Waals surface area (Å²) >= 11 is 6.12. The Bertz CT molecular complexity index is 415. The van der Waals surface area contributed by atoms with E-state index in [4.69, 9.17) is 16.7 Å². The van der Waals surface area contributed by atoms with E-state index in [1.54, 1.807) is 6.07 Å². The van der Waals surface area contributed by atoms with Gasteiger partial charge in [-0.3, -0.25) is 4.79 Å². The van der Waals surface area contributed by atoms with Crippen molar-refractivity contribution >= 4 is 17.5 Å². The summed E-state index contributed by atoms with van der Waals surface area (Å²) < 4.78 is 0. The first-order valence-electron chi connectivity index (χ1n) is 6.74. The molecule has 0 aliphatic rings. The maximum Gasteiger partial charge on any atom is 0.252 e. The SMILES string of the molecule is CCCC(CCO)CNC(=O)c1cccc(C)c1Cl. The molecule has 1 unspecified atom stereocenters. The van der Waals surface area contributed by atoms with Crippen molar-refractivity contribution in [3.63, 3.8) is 0 Å². The summed E-state index contributed by atoms with van der Waals surface area (Å²) in [5.74, 6) is 0.176. The first kappa shape index (κ1) is 16.0. The number of carbonyl (C=O) groups is 1. The van der Waals surface area contributed by atoms with Crippen LogP contribution < -0.4 is 5.32 Å². The lowest BCUT2D eigenvalue weighted by Crippen LogP contribution is -2.30. The zero-order valence-electron chi connectivity index (χ0n) is 11.6. The number of hydrogen-bond acceptors (Lipinski definition) is 2. The number of halogens is 1. The van der Waals surface area contributed by atoms with Gasteiger partial charge in [0.15, 0.2) is 0 Å². The number of hydrogen-bond donors (Lipinski definition) is 2. The number of amides is 1. The quantitative estimate of drug-likeness (QED) is 0.807. The fraction of sp³-hybridized carbons (Fsp3) is 0.533. The van der Waals surface area contributed by atoms with E-state index in [2.05, 4.69) is 12.2 Å². The number of benzene rings is 1. The predicted octanol–water partition coefficient (Wildman–Crippen LogP) is 3.18. The van der Waals surface area contributed by atoms with Crippen LogP contribution in [0.2, 0.25) is 5.02 Å². The average molecular weight is 284 g/mol. The Balaban J connectivity index is 2.61. The van der Waals surface area contributed by atoms with Crippen LogP contribution in [-0.4, -0.2) is 24.2 Å². The number of carbonyl (C=O) groups excluding carboxylic acids is 1. The van der Waals surface area contributed by atoms with Crippen LogP contribution in [0, 0.1) is 12.8 Å². The van der Waals surface area contributed by atoms with Gasteiger partial charge in [-0.15, -0.1) is 0 Å². The third-order valence-corrected chi connectivity index (χ3v) is 3.72. The van der Waals surface area contributed by atoms with Crippen LogP contribution in [0.5, 0.6) is 0 Å². The van der Waals surface area contributed by atoms with Crippen molar-refractivity contribution < 1.29 is 9.90 Å². The summed E-state index contributed by atoms with van der Waals surface area (Å²) in [6, 6.07) is 5.43. The minimum absolute atomic E-state index is 0.146. The van der Waals surface area contributed by atoms with Crippen LogP contribution in [0.15, 0.2) is 18.2 Å². The van der Waals surface area contributed by atoms with E-state index in [1.807, 2.05) is 19.1 Å². The minimum Gasteiger partial charge on any atom is -0.396 e. The number of aliphatic hydroxyl groups is 1. The monoisotopic (exact) mass is 283 g/mol. The van der Waals surface area contributed by atoms with Gasteiger partial charge in [0.25, 0.3) is 5.91 Å². The van der Waals surface area contributed by atoms with Gasteiger partial charge in [0.1, 0.15) is 0 Å². The van der Waals surface area contributed by atoms with Crippen LogP contribution in [0.25, 0.3) is 0 Å². The largest absolute Gasteiger partial charge is 0.396 e. The van der Waals surface area contributed by atoms with Crippen molar-refractivity contribution in [2.45, 2.75) is 33.1 Å². The highest BCUT2D eigenvalue weighted by Gasteiger charge is 2.13. The van der Waals surface area contributed by atoms with E-state index in [1.165, 1.54) is 0 Å². The molecule has 1 amide bonds. The lowest BCUT2D eigenvalue weighted by molar-refractivity contribution is 0.0943. The molecule has 106 valence electrons. The summed E-state index contributed by atoms with van der Waals surface area (Å²) in [5, 5.41) is 12.4. The molecule has 1 aromatic rings. The van der Waals surface area contributed by atoms with E-state index in [9.17, 15) is 4.79 Å². The number of nitrogens with one attached hydrogen (secondary N) is 1. The molecule has 3 nitrogen and oxygen atoms in total. The Morgan fingerprint density at radius 1 is 1.42 bits per heavy atom. The molecule has 1 atom stereocenters. The van der Waals surface area contributed by atoms with Gasteiger partial charge in [0.2, 0.25) is 0 Å². The molecule has 1 rings (SSSR count). The summed E-state index contributed by atoms with van der Waals surface area (Å²) in [7, 11) is 0. The van der Waals surface area contributed by atoms with Crippen LogP contribution >= 0.6 is 11.6 Å². The molecule has 2 N–H and O–H groups in total. The van der Waals surface area contributed by atoms with Crippen LogP contribution in [0.4, 0.5) is 0 Å². The van der Waals surface area contributed by atoms with Crippen molar-refractivity contribution in [2.24, 2.45) is 5.92 Å². The van der Waals surface area contributed by atoms with E-state index in [-0.39, 0.29) is 12.5 Å². The Labute approximate surface area is 120 Å². The molecule has 0 aliphatic heterocycles. The second kappa shape index (κ2) is 8.18. The van der Waals surface area contributed by atoms with Crippen LogP contribution in [0.3, 0.4) is 0 Å². The molecular weight excluding hydrogens is 262 g/mol. The van der Waals surface area contributed by atoms with E-state index < -0.39 is 0 Å². The molecule has 0 radical (unpaired) electrons. The first-order valence-corrected chi connectivity index (χ1v) is 7.12. The zero-order chi connectivity index (χ0) is 14.3. The van der Waals surface area contributed by atoms with Gasteiger partial charge < -0.3 is 10.4 Å². The van der Waals surface area contributed by atoms with Crippen LogP contribution in [0.1, 0.15) is 42.1 Å². The second-order valence-electron chi connectivity index (χ2n) is 4.81. The number of aryl methyl sites for hydroxylation is 1. The number of rotatable bonds is 7. The third-order valence-electron chi connectivity index (χ3n) is 3.22. The Morgan fingerprint density at radius 3 is 2.79 bits per heavy atom. The lowest BCUT2D eigenvalue weighted by Gasteiger charge is -2.16. The molecule has 0 heterocycles. The van der Waals surface area contributed by atoms with Crippen molar-refractivity contribution in [3.8, 4) is 0 Å². The van der Waals surface area contributed by atoms with Crippen molar-refractivity contribution in [2.75, 3.05) is 13.2 Å². The zero-order valence-corrected chi connectivity index (χ0v) is 12.3. The van der Waals surface area contributed by atoms with Gasteiger partial charge in [-0.2, -0.15) is 0 Å². The van der Waals surface area contributed by atoms with Gasteiger partial charge in [0.05, 0.1) is 10.6 Å². The summed E-state index contributed by atoms with van der Waals surface area (Å²) in [6.07, 6.45) is 2.77. The molecule has 0 saturated heterocycles. The van der Waals surface area contributed by atoms with E-state index in [0.717, 1.165) is 24.8 Å². The Hall–Kier alpha value is -1.06. The molecule has 0 bridgehead atoms. The van der Waals surface area contributed by atoms with Gasteiger partial charge >= 0.3 is 0 Å². The molecule has 4 heteroatoms. The van der Waals surface area contributed by atoms with E-state index in [0.29, 0.717) is 23.0 Å².